The second-order valence-electron chi connectivity index (χ2n) is 4.65. The highest BCUT2D eigenvalue weighted by Gasteiger charge is 2.12. The van der Waals surface area contributed by atoms with E-state index < -0.39 is 5.97 Å². The molecule has 2 aromatic heterocycles. The van der Waals surface area contributed by atoms with Gasteiger partial charge in [-0.05, 0) is 36.8 Å². The number of hydrogen-bond donors (Lipinski definition) is 2. The Hall–Kier alpha value is -2.82. The van der Waals surface area contributed by atoms with Gasteiger partial charge in [0.25, 0.3) is 0 Å². The lowest BCUT2D eigenvalue weighted by Crippen LogP contribution is -1.99. The molecule has 3 N–H and O–H groups in total. The van der Waals surface area contributed by atoms with Crippen LogP contribution in [0.4, 0.5) is 5.69 Å². The first-order valence-electron chi connectivity index (χ1n) is 6.14. The second-order valence-corrected chi connectivity index (χ2v) is 4.65. The maximum absolute atomic E-state index is 11.2. The molecule has 0 amide bonds. The van der Waals surface area contributed by atoms with E-state index in [0.29, 0.717) is 17.0 Å². The number of rotatable bonds is 2. The summed E-state index contributed by atoms with van der Waals surface area (Å²) in [6, 6.07) is 8.99. The first kappa shape index (κ1) is 12.2. The molecule has 0 spiro atoms. The fraction of sp³-hybridized carbons (Fsp3) is 0.0667. The predicted octanol–water partition coefficient (Wildman–Crippen LogP) is 2.59. The Bertz CT molecular complexity index is 821. The SMILES string of the molecule is Cc1ccc(N)cc1-c1ccn2ccc(C(=O)O)c2n1. The van der Waals surface area contributed by atoms with Crippen LogP contribution in [0.15, 0.2) is 42.7 Å². The van der Waals surface area contributed by atoms with E-state index in [9.17, 15) is 4.79 Å². The predicted molar refractivity (Wildman–Crippen MR) is 76.7 cm³/mol. The third-order valence-corrected chi connectivity index (χ3v) is 3.27. The zero-order valence-electron chi connectivity index (χ0n) is 10.9. The highest BCUT2D eigenvalue weighted by atomic mass is 16.4. The van der Waals surface area contributed by atoms with Crippen LogP contribution in [0.1, 0.15) is 15.9 Å². The summed E-state index contributed by atoms with van der Waals surface area (Å²) in [6.07, 6.45) is 3.48. The third-order valence-electron chi connectivity index (χ3n) is 3.27. The zero-order valence-corrected chi connectivity index (χ0v) is 10.9. The molecule has 5 nitrogen and oxygen atoms in total. The molecule has 0 radical (unpaired) electrons. The van der Waals surface area contributed by atoms with Crippen LogP contribution >= 0.6 is 0 Å². The molecule has 3 aromatic rings. The number of hydrogen-bond acceptors (Lipinski definition) is 3. The maximum atomic E-state index is 11.2. The van der Waals surface area contributed by atoms with Crippen LogP contribution in [0.25, 0.3) is 16.9 Å². The molecule has 0 saturated carbocycles. The molecular weight excluding hydrogens is 254 g/mol. The Balaban J connectivity index is 2.24. The van der Waals surface area contributed by atoms with Gasteiger partial charge in [0.1, 0.15) is 5.56 Å². The van der Waals surface area contributed by atoms with E-state index in [0.717, 1.165) is 11.1 Å². The summed E-state index contributed by atoms with van der Waals surface area (Å²) < 4.78 is 1.69. The Morgan fingerprint density at radius 1 is 1.25 bits per heavy atom. The van der Waals surface area contributed by atoms with Crippen LogP contribution in [-0.4, -0.2) is 20.5 Å². The maximum Gasteiger partial charge on any atom is 0.339 e. The number of fused-ring (bicyclic) bond motifs is 1. The van der Waals surface area contributed by atoms with Crippen molar-refractivity contribution in [1.29, 1.82) is 0 Å². The summed E-state index contributed by atoms with van der Waals surface area (Å²) in [5.41, 5.74) is 9.74. The van der Waals surface area contributed by atoms with Gasteiger partial charge in [0.05, 0.1) is 5.69 Å². The lowest BCUT2D eigenvalue weighted by molar-refractivity contribution is 0.0699. The van der Waals surface area contributed by atoms with Crippen molar-refractivity contribution >= 4 is 17.3 Å². The molecule has 0 unspecified atom stereocenters. The summed E-state index contributed by atoms with van der Waals surface area (Å²) in [6.45, 7) is 1.97. The molecule has 0 bridgehead atoms. The molecule has 1 aromatic carbocycles. The smallest absolute Gasteiger partial charge is 0.339 e. The van der Waals surface area contributed by atoms with Crippen molar-refractivity contribution in [3.05, 3.63) is 53.9 Å². The monoisotopic (exact) mass is 267 g/mol. The minimum atomic E-state index is -0.985. The number of benzene rings is 1. The van der Waals surface area contributed by atoms with Gasteiger partial charge >= 0.3 is 5.97 Å². The molecule has 0 aliphatic rings. The van der Waals surface area contributed by atoms with Crippen molar-refractivity contribution in [3.8, 4) is 11.3 Å². The van der Waals surface area contributed by atoms with Gasteiger partial charge in [0.15, 0.2) is 5.65 Å². The lowest BCUT2D eigenvalue weighted by atomic mass is 10.0. The zero-order chi connectivity index (χ0) is 14.3. The number of aromatic carboxylic acids is 1. The lowest BCUT2D eigenvalue weighted by Gasteiger charge is -2.07. The van der Waals surface area contributed by atoms with Gasteiger partial charge in [-0.3, -0.25) is 0 Å². The molecule has 0 fully saturated rings. The van der Waals surface area contributed by atoms with Crippen LogP contribution in [0.5, 0.6) is 0 Å². The van der Waals surface area contributed by atoms with Gasteiger partial charge in [0, 0.05) is 23.6 Å². The summed E-state index contributed by atoms with van der Waals surface area (Å²) in [4.78, 5) is 15.6. The molecule has 5 heteroatoms. The Morgan fingerprint density at radius 2 is 2.00 bits per heavy atom. The van der Waals surface area contributed by atoms with Gasteiger partial charge in [-0.15, -0.1) is 0 Å². The number of nitrogens with two attached hydrogens (primary N) is 1. The number of anilines is 1. The summed E-state index contributed by atoms with van der Waals surface area (Å²) >= 11 is 0. The Morgan fingerprint density at radius 3 is 2.75 bits per heavy atom. The minimum Gasteiger partial charge on any atom is -0.478 e. The fourth-order valence-corrected chi connectivity index (χ4v) is 2.21. The number of carbonyl (C=O) groups is 1. The first-order valence-corrected chi connectivity index (χ1v) is 6.14. The van der Waals surface area contributed by atoms with Crippen molar-refractivity contribution in [1.82, 2.24) is 9.38 Å². The summed E-state index contributed by atoms with van der Waals surface area (Å²) in [5, 5.41) is 9.16. The fourth-order valence-electron chi connectivity index (χ4n) is 2.21. The van der Waals surface area contributed by atoms with Crippen LogP contribution in [0, 0.1) is 6.92 Å². The molecule has 20 heavy (non-hydrogen) atoms. The Kier molecular flexibility index (Phi) is 2.68. The van der Waals surface area contributed by atoms with E-state index in [1.807, 2.05) is 31.2 Å². The normalized spacial score (nSPS) is 10.8. The molecule has 2 heterocycles. The van der Waals surface area contributed by atoms with Crippen molar-refractivity contribution < 1.29 is 9.90 Å². The van der Waals surface area contributed by atoms with Crippen LogP contribution in [0.2, 0.25) is 0 Å². The van der Waals surface area contributed by atoms with Gasteiger partial charge in [-0.1, -0.05) is 6.07 Å². The number of carboxylic acid groups (broad SMARTS) is 1. The van der Waals surface area contributed by atoms with E-state index in [4.69, 9.17) is 10.8 Å². The topological polar surface area (TPSA) is 80.6 Å². The molecule has 0 aliphatic heterocycles. The van der Waals surface area contributed by atoms with E-state index in [1.165, 1.54) is 0 Å². The number of carboxylic acids is 1. The molecule has 100 valence electrons. The summed E-state index contributed by atoms with van der Waals surface area (Å²) in [5.74, 6) is -0.985. The van der Waals surface area contributed by atoms with E-state index >= 15 is 0 Å². The summed E-state index contributed by atoms with van der Waals surface area (Å²) in [7, 11) is 0. The highest BCUT2D eigenvalue weighted by Crippen LogP contribution is 2.25. The molecule has 0 saturated heterocycles. The minimum absolute atomic E-state index is 0.188. The Labute approximate surface area is 115 Å². The second kappa shape index (κ2) is 4.38. The van der Waals surface area contributed by atoms with E-state index in [-0.39, 0.29) is 5.56 Å². The number of nitrogen functional groups attached to an aromatic ring is 1. The van der Waals surface area contributed by atoms with Crippen molar-refractivity contribution in [3.63, 3.8) is 0 Å². The van der Waals surface area contributed by atoms with Gasteiger partial charge in [-0.2, -0.15) is 0 Å². The molecule has 3 rings (SSSR count). The van der Waals surface area contributed by atoms with Crippen molar-refractivity contribution in [2.75, 3.05) is 5.73 Å². The molecular formula is C15H13N3O2. The number of aryl methyl sites for hydroxylation is 1. The number of nitrogens with zero attached hydrogens (tertiary/aromatic N) is 2. The van der Waals surface area contributed by atoms with Gasteiger partial charge < -0.3 is 15.2 Å². The van der Waals surface area contributed by atoms with E-state index in [2.05, 4.69) is 4.98 Å². The van der Waals surface area contributed by atoms with Gasteiger partial charge in [-0.25, -0.2) is 9.78 Å². The van der Waals surface area contributed by atoms with Crippen LogP contribution < -0.4 is 5.73 Å². The average molecular weight is 267 g/mol. The first-order chi connectivity index (χ1) is 9.56. The average Bonchev–Trinajstić information content (AvgIpc) is 2.84. The van der Waals surface area contributed by atoms with Gasteiger partial charge in [0.2, 0.25) is 0 Å². The van der Waals surface area contributed by atoms with Crippen molar-refractivity contribution in [2.45, 2.75) is 6.92 Å². The third kappa shape index (κ3) is 1.89. The quantitative estimate of drug-likeness (QED) is 0.699. The molecule has 0 aliphatic carbocycles. The number of aromatic nitrogens is 2. The van der Waals surface area contributed by atoms with Crippen molar-refractivity contribution in [2.24, 2.45) is 0 Å². The standard InChI is InChI=1S/C15H13N3O2/c1-9-2-3-10(16)8-12(9)13-5-7-18-6-4-11(15(19)20)14(18)17-13/h2-8H,16H2,1H3,(H,19,20). The van der Waals surface area contributed by atoms with Crippen LogP contribution in [0.3, 0.4) is 0 Å². The highest BCUT2D eigenvalue weighted by molar-refractivity contribution is 5.95. The largest absolute Gasteiger partial charge is 0.478 e. The van der Waals surface area contributed by atoms with Crippen LogP contribution in [-0.2, 0) is 0 Å². The molecule has 0 atom stereocenters. The van der Waals surface area contributed by atoms with E-state index in [1.54, 1.807) is 22.9 Å².